The van der Waals surface area contributed by atoms with Crippen molar-refractivity contribution in [2.45, 2.75) is 25.3 Å². The van der Waals surface area contributed by atoms with E-state index in [1.54, 1.807) is 0 Å². The molecule has 1 aliphatic heterocycles. The van der Waals surface area contributed by atoms with E-state index in [9.17, 15) is 18.9 Å². The van der Waals surface area contributed by atoms with E-state index in [0.717, 1.165) is 38.4 Å². The van der Waals surface area contributed by atoms with Gasteiger partial charge in [0.15, 0.2) is 0 Å². The Balaban J connectivity index is 2.24. The molecule has 0 aromatic heterocycles. The highest BCUT2D eigenvalue weighted by molar-refractivity contribution is 5.62. The van der Waals surface area contributed by atoms with Crippen LogP contribution in [0.5, 0.6) is 0 Å². The van der Waals surface area contributed by atoms with Gasteiger partial charge < -0.3 is 10.6 Å². The predicted molar refractivity (Wildman–Crippen MR) is 67.1 cm³/mol. The monoisotopic (exact) mass is 271 g/mol. The van der Waals surface area contributed by atoms with Gasteiger partial charge in [0, 0.05) is 18.2 Å². The molecule has 7 heteroatoms. The molecule has 1 aromatic carbocycles. The van der Waals surface area contributed by atoms with Crippen LogP contribution in [0.2, 0.25) is 0 Å². The number of nitrogens with one attached hydrogen (secondary N) is 2. The highest BCUT2D eigenvalue weighted by atomic mass is 19.1. The summed E-state index contributed by atoms with van der Waals surface area (Å²) in [7, 11) is 0. The Kier molecular flexibility index (Phi) is 4.26. The zero-order valence-electron chi connectivity index (χ0n) is 10.3. The van der Waals surface area contributed by atoms with Gasteiger partial charge in [-0.15, -0.1) is 0 Å². The van der Waals surface area contributed by atoms with E-state index in [1.165, 1.54) is 0 Å². The van der Waals surface area contributed by atoms with Crippen LogP contribution in [0.4, 0.5) is 20.2 Å². The fraction of sp³-hybridized carbons (Fsp3) is 0.500. The van der Waals surface area contributed by atoms with Crippen LogP contribution >= 0.6 is 0 Å². The average molecular weight is 271 g/mol. The third-order valence-electron chi connectivity index (χ3n) is 3.15. The van der Waals surface area contributed by atoms with Crippen LogP contribution in [0.25, 0.3) is 0 Å². The topological polar surface area (TPSA) is 67.2 Å². The van der Waals surface area contributed by atoms with Gasteiger partial charge in [-0.05, 0) is 32.4 Å². The smallest absolute Gasteiger partial charge is 0.327 e. The quantitative estimate of drug-likeness (QED) is 0.654. The van der Waals surface area contributed by atoms with E-state index in [2.05, 4.69) is 10.6 Å². The molecule has 1 unspecified atom stereocenters. The molecule has 2 rings (SSSR count). The van der Waals surface area contributed by atoms with Crippen LogP contribution in [0.1, 0.15) is 19.3 Å². The number of hydrogen-bond donors (Lipinski definition) is 2. The van der Waals surface area contributed by atoms with Crippen molar-refractivity contribution in [2.24, 2.45) is 0 Å². The lowest BCUT2D eigenvalue weighted by Crippen LogP contribution is -2.22. The van der Waals surface area contributed by atoms with Crippen molar-refractivity contribution < 1.29 is 13.7 Å². The summed E-state index contributed by atoms with van der Waals surface area (Å²) >= 11 is 0. The summed E-state index contributed by atoms with van der Waals surface area (Å²) in [6.45, 7) is 1.67. The van der Waals surface area contributed by atoms with Crippen molar-refractivity contribution in [1.29, 1.82) is 0 Å². The normalized spacial score (nSPS) is 19.8. The molecule has 0 aliphatic carbocycles. The summed E-state index contributed by atoms with van der Waals surface area (Å²) in [5.74, 6) is -1.98. The van der Waals surface area contributed by atoms with E-state index in [1.807, 2.05) is 0 Å². The number of nitro benzene ring substituents is 1. The number of hydrogen-bond acceptors (Lipinski definition) is 4. The molecule has 104 valence electrons. The third kappa shape index (κ3) is 3.37. The maximum atomic E-state index is 13.5. The average Bonchev–Trinajstić information content (AvgIpc) is 2.56. The minimum Gasteiger partial charge on any atom is -0.377 e. The molecule has 1 atom stereocenters. The lowest BCUT2D eigenvalue weighted by atomic mass is 10.1. The zero-order chi connectivity index (χ0) is 13.8. The molecular formula is C12H15F2N3O2. The van der Waals surface area contributed by atoms with E-state index >= 15 is 0 Å². The molecule has 1 aromatic rings. The molecule has 1 fully saturated rings. The van der Waals surface area contributed by atoms with Crippen molar-refractivity contribution in [3.8, 4) is 0 Å². The van der Waals surface area contributed by atoms with Crippen LogP contribution < -0.4 is 10.6 Å². The van der Waals surface area contributed by atoms with Crippen LogP contribution in [0.15, 0.2) is 12.1 Å². The number of nitrogens with zero attached hydrogens (tertiary/aromatic N) is 1. The summed E-state index contributed by atoms with van der Waals surface area (Å²) in [5.41, 5.74) is -0.784. The molecule has 0 radical (unpaired) electrons. The SMILES string of the molecule is O=[N+]([O-])c1c(F)cc(F)cc1NC1CCCNCC1. The highest BCUT2D eigenvalue weighted by Crippen LogP contribution is 2.30. The highest BCUT2D eigenvalue weighted by Gasteiger charge is 2.24. The van der Waals surface area contributed by atoms with E-state index in [0.29, 0.717) is 6.07 Å². The van der Waals surface area contributed by atoms with Gasteiger partial charge in [-0.3, -0.25) is 10.1 Å². The first-order chi connectivity index (χ1) is 9.08. The van der Waals surface area contributed by atoms with Gasteiger partial charge in [0.05, 0.1) is 4.92 Å². The molecule has 19 heavy (non-hydrogen) atoms. The molecule has 1 heterocycles. The number of rotatable bonds is 3. The van der Waals surface area contributed by atoms with Crippen LogP contribution in [-0.2, 0) is 0 Å². The first-order valence-electron chi connectivity index (χ1n) is 6.18. The molecule has 2 N–H and O–H groups in total. The second-order valence-corrected chi connectivity index (χ2v) is 4.56. The van der Waals surface area contributed by atoms with Gasteiger partial charge in [-0.25, -0.2) is 4.39 Å². The Bertz CT molecular complexity index is 474. The number of benzene rings is 1. The molecule has 0 amide bonds. The zero-order valence-corrected chi connectivity index (χ0v) is 10.3. The Labute approximate surface area is 109 Å². The molecule has 1 aliphatic rings. The largest absolute Gasteiger partial charge is 0.377 e. The van der Waals surface area contributed by atoms with Crippen LogP contribution in [-0.4, -0.2) is 24.1 Å². The maximum Gasteiger partial charge on any atom is 0.327 e. The Hall–Kier alpha value is -1.76. The van der Waals surface area contributed by atoms with Gasteiger partial charge in [0.2, 0.25) is 5.82 Å². The first-order valence-corrected chi connectivity index (χ1v) is 6.18. The summed E-state index contributed by atoms with van der Waals surface area (Å²) in [4.78, 5) is 10.0. The van der Waals surface area contributed by atoms with Gasteiger partial charge >= 0.3 is 5.69 Å². The maximum absolute atomic E-state index is 13.5. The summed E-state index contributed by atoms with van der Waals surface area (Å²) in [6, 6.07) is 1.48. The Morgan fingerprint density at radius 2 is 2.11 bits per heavy atom. The third-order valence-corrected chi connectivity index (χ3v) is 3.15. The summed E-state index contributed by atoms with van der Waals surface area (Å²) in [5, 5.41) is 16.9. The van der Waals surface area contributed by atoms with Crippen LogP contribution in [0.3, 0.4) is 0 Å². The molecule has 0 saturated carbocycles. The molecular weight excluding hydrogens is 256 g/mol. The van der Waals surface area contributed by atoms with Crippen molar-refractivity contribution in [3.63, 3.8) is 0 Å². The van der Waals surface area contributed by atoms with Gasteiger partial charge in [-0.1, -0.05) is 0 Å². The molecule has 0 bridgehead atoms. The van der Waals surface area contributed by atoms with Gasteiger partial charge in [0.25, 0.3) is 0 Å². The van der Waals surface area contributed by atoms with Crippen molar-refractivity contribution in [1.82, 2.24) is 5.32 Å². The lowest BCUT2D eigenvalue weighted by Gasteiger charge is -2.17. The van der Waals surface area contributed by atoms with Crippen molar-refractivity contribution >= 4 is 11.4 Å². The van der Waals surface area contributed by atoms with Crippen molar-refractivity contribution in [2.75, 3.05) is 18.4 Å². The molecule has 1 saturated heterocycles. The number of anilines is 1. The number of halogens is 2. The molecule has 5 nitrogen and oxygen atoms in total. The Morgan fingerprint density at radius 3 is 2.84 bits per heavy atom. The molecule has 0 spiro atoms. The van der Waals surface area contributed by atoms with E-state index in [-0.39, 0.29) is 11.7 Å². The standard InChI is InChI=1S/C12H15F2N3O2/c13-8-6-10(14)12(17(18)19)11(7-8)16-9-2-1-4-15-5-3-9/h6-7,9,15-16H,1-5H2. The van der Waals surface area contributed by atoms with Crippen molar-refractivity contribution in [3.05, 3.63) is 33.9 Å². The van der Waals surface area contributed by atoms with Gasteiger partial charge in [0.1, 0.15) is 11.5 Å². The van der Waals surface area contributed by atoms with E-state index < -0.39 is 22.2 Å². The van der Waals surface area contributed by atoms with E-state index in [4.69, 9.17) is 0 Å². The predicted octanol–water partition coefficient (Wildman–Crippen LogP) is 2.43. The van der Waals surface area contributed by atoms with Crippen LogP contribution in [0, 0.1) is 21.7 Å². The lowest BCUT2D eigenvalue weighted by molar-refractivity contribution is -0.386. The number of nitro groups is 1. The van der Waals surface area contributed by atoms with Gasteiger partial charge in [-0.2, -0.15) is 4.39 Å². The summed E-state index contributed by atoms with van der Waals surface area (Å²) in [6.07, 6.45) is 2.49. The summed E-state index contributed by atoms with van der Waals surface area (Å²) < 4.78 is 26.7. The fourth-order valence-corrected chi connectivity index (χ4v) is 2.24. The Morgan fingerprint density at radius 1 is 1.32 bits per heavy atom. The minimum absolute atomic E-state index is 0.0186. The second-order valence-electron chi connectivity index (χ2n) is 4.56. The minimum atomic E-state index is -1.15. The fourth-order valence-electron chi connectivity index (χ4n) is 2.24. The second kappa shape index (κ2) is 5.92. The first kappa shape index (κ1) is 13.7.